The molecule has 1 aromatic carbocycles. The van der Waals surface area contributed by atoms with Gasteiger partial charge in [0.2, 0.25) is 5.91 Å². The summed E-state index contributed by atoms with van der Waals surface area (Å²) in [6.45, 7) is 1.24. The van der Waals surface area contributed by atoms with Crippen LogP contribution in [0.15, 0.2) is 24.3 Å². The number of amides is 1. The van der Waals surface area contributed by atoms with E-state index >= 15 is 0 Å². The topological polar surface area (TPSA) is 58.2 Å². The zero-order valence-electron chi connectivity index (χ0n) is 11.1. The van der Waals surface area contributed by atoms with Crippen LogP contribution < -0.4 is 10.6 Å². The highest BCUT2D eigenvalue weighted by Crippen LogP contribution is 2.12. The van der Waals surface area contributed by atoms with Crippen molar-refractivity contribution < 1.29 is 9.59 Å². The van der Waals surface area contributed by atoms with Crippen molar-refractivity contribution in [2.45, 2.75) is 32.1 Å². The van der Waals surface area contributed by atoms with Gasteiger partial charge in [0.25, 0.3) is 0 Å². The standard InChI is InChI=1S/C15H20N2O2/c18-14-11-16-10-4-2-1-3-5-15(19)17-13-8-6-12(14)7-9-13/h6-9,16H,1-5,10-11H2,(H,17,19). The number of carbonyl (C=O) groups is 2. The average Bonchev–Trinajstić information content (AvgIpc) is 2.42. The molecule has 19 heavy (non-hydrogen) atoms. The van der Waals surface area contributed by atoms with Gasteiger partial charge in [-0.2, -0.15) is 0 Å². The number of nitrogens with one attached hydrogen (secondary N) is 2. The van der Waals surface area contributed by atoms with E-state index in [9.17, 15) is 9.59 Å². The average molecular weight is 260 g/mol. The number of Topliss-reactive ketones (excluding diaryl/α,β-unsaturated/α-hetero) is 1. The molecule has 2 bridgehead atoms. The fraction of sp³-hybridized carbons (Fsp3) is 0.467. The molecular weight excluding hydrogens is 240 g/mol. The molecule has 0 aliphatic carbocycles. The first-order valence-corrected chi connectivity index (χ1v) is 6.89. The molecule has 102 valence electrons. The summed E-state index contributed by atoms with van der Waals surface area (Å²) in [6, 6.07) is 7.09. The highest BCUT2D eigenvalue weighted by molar-refractivity contribution is 5.98. The summed E-state index contributed by atoms with van der Waals surface area (Å²) in [6.07, 6.45) is 4.68. The normalized spacial score (nSPS) is 18.5. The SMILES string of the molecule is O=C1CCCCCCNCC(=O)c2ccc(cc2)N1. The van der Waals surface area contributed by atoms with E-state index in [4.69, 9.17) is 0 Å². The van der Waals surface area contributed by atoms with Crippen molar-refractivity contribution in [2.75, 3.05) is 18.4 Å². The van der Waals surface area contributed by atoms with E-state index in [1.54, 1.807) is 24.3 Å². The summed E-state index contributed by atoms with van der Waals surface area (Å²) >= 11 is 0. The fourth-order valence-corrected chi connectivity index (χ4v) is 2.16. The second-order valence-electron chi connectivity index (χ2n) is 4.89. The third-order valence-electron chi connectivity index (χ3n) is 3.28. The van der Waals surface area contributed by atoms with Gasteiger partial charge in [-0.05, 0) is 43.7 Å². The van der Waals surface area contributed by atoms with E-state index in [-0.39, 0.29) is 11.7 Å². The largest absolute Gasteiger partial charge is 0.326 e. The van der Waals surface area contributed by atoms with Crippen LogP contribution in [0.25, 0.3) is 0 Å². The summed E-state index contributed by atoms with van der Waals surface area (Å²) in [7, 11) is 0. The predicted molar refractivity (Wildman–Crippen MR) is 75.4 cm³/mol. The second-order valence-corrected chi connectivity index (χ2v) is 4.89. The Bertz CT molecular complexity index is 440. The van der Waals surface area contributed by atoms with E-state index in [2.05, 4.69) is 10.6 Å². The van der Waals surface area contributed by atoms with Gasteiger partial charge in [-0.3, -0.25) is 9.59 Å². The van der Waals surface area contributed by atoms with Crippen LogP contribution >= 0.6 is 0 Å². The molecule has 0 spiro atoms. The monoisotopic (exact) mass is 260 g/mol. The minimum atomic E-state index is 0.0482. The van der Waals surface area contributed by atoms with Crippen molar-refractivity contribution in [1.29, 1.82) is 0 Å². The van der Waals surface area contributed by atoms with Crippen molar-refractivity contribution in [1.82, 2.24) is 5.32 Å². The third-order valence-corrected chi connectivity index (χ3v) is 3.28. The maximum Gasteiger partial charge on any atom is 0.224 e. The van der Waals surface area contributed by atoms with E-state index in [0.29, 0.717) is 18.5 Å². The molecule has 4 nitrogen and oxygen atoms in total. The van der Waals surface area contributed by atoms with Crippen LogP contribution in [0.4, 0.5) is 5.69 Å². The number of benzene rings is 1. The third kappa shape index (κ3) is 4.48. The predicted octanol–water partition coefficient (Wildman–Crippen LogP) is 2.36. The molecule has 4 heteroatoms. The van der Waals surface area contributed by atoms with E-state index in [1.165, 1.54) is 0 Å². The summed E-state index contributed by atoms with van der Waals surface area (Å²) in [5.74, 6) is 0.139. The van der Waals surface area contributed by atoms with Gasteiger partial charge in [0.05, 0.1) is 6.54 Å². The highest BCUT2D eigenvalue weighted by Gasteiger charge is 2.07. The maximum absolute atomic E-state index is 11.9. The smallest absolute Gasteiger partial charge is 0.224 e. The Balaban J connectivity index is 2.05. The quantitative estimate of drug-likeness (QED) is 0.753. The zero-order valence-corrected chi connectivity index (χ0v) is 11.1. The minimum absolute atomic E-state index is 0.0482. The number of carbonyl (C=O) groups excluding carboxylic acids is 2. The molecule has 0 unspecified atom stereocenters. The first kappa shape index (κ1) is 13.7. The molecule has 0 aromatic heterocycles. The van der Waals surface area contributed by atoms with Crippen molar-refractivity contribution in [3.63, 3.8) is 0 Å². The molecule has 0 fully saturated rings. The molecule has 2 aliphatic heterocycles. The lowest BCUT2D eigenvalue weighted by Gasteiger charge is -2.06. The van der Waals surface area contributed by atoms with Crippen molar-refractivity contribution in [2.24, 2.45) is 0 Å². The first-order valence-electron chi connectivity index (χ1n) is 6.89. The molecule has 2 heterocycles. The van der Waals surface area contributed by atoms with E-state index < -0.39 is 0 Å². The van der Waals surface area contributed by atoms with Crippen LogP contribution in [0.5, 0.6) is 0 Å². The van der Waals surface area contributed by atoms with Gasteiger partial charge in [-0.25, -0.2) is 0 Å². The molecule has 0 atom stereocenters. The van der Waals surface area contributed by atoms with Crippen LogP contribution in [0.3, 0.4) is 0 Å². The molecule has 3 rings (SSSR count). The summed E-state index contributed by atoms with van der Waals surface area (Å²) < 4.78 is 0. The Morgan fingerprint density at radius 2 is 1.63 bits per heavy atom. The van der Waals surface area contributed by atoms with Crippen molar-refractivity contribution in [3.05, 3.63) is 29.8 Å². The lowest BCUT2D eigenvalue weighted by Crippen LogP contribution is -2.24. The highest BCUT2D eigenvalue weighted by atomic mass is 16.1. The molecule has 1 aromatic rings. The Labute approximate surface area is 113 Å². The summed E-state index contributed by atoms with van der Waals surface area (Å²) in [5.41, 5.74) is 1.43. The maximum atomic E-state index is 11.9. The van der Waals surface area contributed by atoms with Gasteiger partial charge in [0.15, 0.2) is 5.78 Å². The Morgan fingerprint density at radius 3 is 2.42 bits per heavy atom. The molecule has 0 radical (unpaired) electrons. The van der Waals surface area contributed by atoms with Crippen molar-refractivity contribution >= 4 is 17.4 Å². The lowest BCUT2D eigenvalue weighted by atomic mass is 10.1. The number of hydrogen-bond donors (Lipinski definition) is 2. The second kappa shape index (κ2) is 7.04. The van der Waals surface area contributed by atoms with Crippen molar-refractivity contribution in [3.8, 4) is 0 Å². The van der Waals surface area contributed by atoms with Gasteiger partial charge in [-0.15, -0.1) is 0 Å². The Hall–Kier alpha value is -1.68. The molecule has 2 N–H and O–H groups in total. The van der Waals surface area contributed by atoms with Gasteiger partial charge < -0.3 is 10.6 Å². The molecule has 2 aliphatic rings. The molecular formula is C15H20N2O2. The van der Waals surface area contributed by atoms with Gasteiger partial charge in [0, 0.05) is 17.7 Å². The van der Waals surface area contributed by atoms with Crippen LogP contribution in [-0.4, -0.2) is 24.8 Å². The summed E-state index contributed by atoms with van der Waals surface area (Å²) in [5, 5.41) is 6.02. The van der Waals surface area contributed by atoms with Crippen LogP contribution in [-0.2, 0) is 4.79 Å². The fourth-order valence-electron chi connectivity index (χ4n) is 2.16. The lowest BCUT2D eigenvalue weighted by molar-refractivity contribution is -0.116. The van der Waals surface area contributed by atoms with Crippen LogP contribution in [0.1, 0.15) is 42.5 Å². The zero-order chi connectivity index (χ0) is 13.5. The van der Waals surface area contributed by atoms with Crippen LogP contribution in [0.2, 0.25) is 0 Å². The van der Waals surface area contributed by atoms with E-state index in [1.807, 2.05) is 0 Å². The Kier molecular flexibility index (Phi) is 5.10. The first-order chi connectivity index (χ1) is 9.25. The number of rotatable bonds is 0. The molecule has 0 saturated carbocycles. The Morgan fingerprint density at radius 1 is 0.895 bits per heavy atom. The number of hydrogen-bond acceptors (Lipinski definition) is 3. The molecule has 0 saturated heterocycles. The van der Waals surface area contributed by atoms with Gasteiger partial charge in [0.1, 0.15) is 0 Å². The minimum Gasteiger partial charge on any atom is -0.326 e. The van der Waals surface area contributed by atoms with E-state index in [0.717, 1.165) is 37.9 Å². The van der Waals surface area contributed by atoms with Gasteiger partial charge >= 0.3 is 0 Å². The molecule has 1 amide bonds. The number of fused-ring (bicyclic) bond motifs is 12. The number of ketones is 1. The number of anilines is 1. The summed E-state index contributed by atoms with van der Waals surface area (Å²) in [4.78, 5) is 23.6. The van der Waals surface area contributed by atoms with Crippen LogP contribution in [0, 0.1) is 0 Å². The van der Waals surface area contributed by atoms with Gasteiger partial charge in [-0.1, -0.05) is 12.8 Å².